The average Bonchev–Trinajstić information content (AvgIpc) is 3.60. The number of para-hydroxylation sites is 2. The molecule has 1 aliphatic heterocycles. The molecule has 0 bridgehead atoms. The predicted molar refractivity (Wildman–Crippen MR) is 169 cm³/mol. The van der Waals surface area contributed by atoms with Gasteiger partial charge >= 0.3 is 238 Å². The molecule has 3 aromatic carbocycles. The fourth-order valence-corrected chi connectivity index (χ4v) is 8.97. The number of aromatic nitrogens is 3. The molecular weight excluding hydrogens is 730 g/mol. The van der Waals surface area contributed by atoms with Gasteiger partial charge in [-0.1, -0.05) is 11.6 Å². The van der Waals surface area contributed by atoms with Crippen LogP contribution in [-0.4, -0.2) is 30.6 Å². The van der Waals surface area contributed by atoms with Crippen molar-refractivity contribution in [3.63, 3.8) is 0 Å². The van der Waals surface area contributed by atoms with Gasteiger partial charge in [-0.15, -0.1) is 0 Å². The standard InChI is InChI=1S/C32H30ClN4OSSe.HI/c1-4-34-26-20-22(33)16-18-27(26)39-30(34)21-29-36(6-3)32(38)25(37(29)23-12-8-7-9-13-23)17-19-31-35(5-2)24-14-10-11-15-28(24)40-31;/h7-21H,4-6H2,1-3H3;1H/q+1;/p-1. The van der Waals surface area contributed by atoms with E-state index in [0.29, 0.717) is 11.9 Å². The van der Waals surface area contributed by atoms with Gasteiger partial charge < -0.3 is 24.0 Å². The van der Waals surface area contributed by atoms with E-state index in [4.69, 9.17) is 11.6 Å². The Morgan fingerprint density at radius 3 is 2.44 bits per heavy atom. The summed E-state index contributed by atoms with van der Waals surface area (Å²) < 4.78 is 10.0. The van der Waals surface area contributed by atoms with Crippen LogP contribution in [0.1, 0.15) is 25.8 Å². The third kappa shape index (κ3) is 5.48. The fourth-order valence-electron chi connectivity index (χ4n) is 5.30. The Labute approximate surface area is 271 Å². The number of nitrogens with zero attached hydrogens (tertiary/aromatic N) is 4. The maximum Gasteiger partial charge on any atom is -1.00 e. The molecule has 0 radical (unpaired) electrons. The van der Waals surface area contributed by atoms with Gasteiger partial charge in [0.15, 0.2) is 0 Å². The van der Waals surface area contributed by atoms with Crippen molar-refractivity contribution in [2.75, 3.05) is 11.4 Å². The molecule has 9 heteroatoms. The number of rotatable bonds is 6. The third-order valence-corrected chi connectivity index (χ3v) is 10.9. The maximum atomic E-state index is 14.0. The summed E-state index contributed by atoms with van der Waals surface area (Å²) in [5.74, 6) is 0. The summed E-state index contributed by atoms with van der Waals surface area (Å²) >= 11 is 8.26. The average molecular weight is 760 g/mol. The normalized spacial score (nSPS) is 14.7. The van der Waals surface area contributed by atoms with E-state index in [2.05, 4.69) is 82.5 Å². The minimum absolute atomic E-state index is 0. The molecule has 6 rings (SSSR count). The number of hydrogen-bond donors (Lipinski definition) is 0. The number of benzene rings is 3. The molecule has 0 unspecified atom stereocenters. The molecule has 210 valence electrons. The Morgan fingerprint density at radius 2 is 1.71 bits per heavy atom. The molecular formula is C32H30ClIN4OSSe. The summed E-state index contributed by atoms with van der Waals surface area (Å²) in [5.41, 5.74) is 4.21. The van der Waals surface area contributed by atoms with Gasteiger partial charge in [-0.25, -0.2) is 0 Å². The van der Waals surface area contributed by atoms with Crippen LogP contribution in [0.5, 0.6) is 0 Å². The van der Waals surface area contributed by atoms with Crippen LogP contribution in [0.2, 0.25) is 5.02 Å². The van der Waals surface area contributed by atoms with E-state index >= 15 is 0 Å². The minimum atomic E-state index is 0. The number of fused-ring (bicyclic) bond motifs is 2. The van der Waals surface area contributed by atoms with Crippen LogP contribution in [0, 0.1) is 0 Å². The summed E-state index contributed by atoms with van der Waals surface area (Å²) in [5, 5.41) is 2.45. The summed E-state index contributed by atoms with van der Waals surface area (Å²) in [6.45, 7) is 8.61. The quantitative estimate of drug-likeness (QED) is 0.148. The van der Waals surface area contributed by atoms with Crippen molar-refractivity contribution in [2.24, 2.45) is 0 Å². The second-order valence-corrected chi connectivity index (χ2v) is 13.1. The zero-order valence-corrected chi connectivity index (χ0v) is 28.5. The first-order valence-corrected chi connectivity index (χ1v) is 16.4. The van der Waals surface area contributed by atoms with Crippen LogP contribution < -0.4 is 54.3 Å². The Hall–Kier alpha value is -2.62. The summed E-state index contributed by atoms with van der Waals surface area (Å²) in [6, 6.07) is 24.8. The molecule has 41 heavy (non-hydrogen) atoms. The molecule has 0 aliphatic carbocycles. The van der Waals surface area contributed by atoms with E-state index in [-0.39, 0.29) is 44.5 Å². The summed E-state index contributed by atoms with van der Waals surface area (Å²) in [4.78, 5) is 16.3. The van der Waals surface area contributed by atoms with Crippen molar-refractivity contribution < 1.29 is 28.5 Å². The van der Waals surface area contributed by atoms with Gasteiger partial charge in [0.25, 0.3) is 0 Å². The number of thiazole rings is 1. The van der Waals surface area contributed by atoms with Gasteiger partial charge in [-0.05, 0) is 0 Å². The third-order valence-electron chi connectivity index (χ3n) is 7.14. The molecule has 0 saturated carbocycles. The van der Waals surface area contributed by atoms with Crippen molar-refractivity contribution in [1.29, 1.82) is 0 Å². The summed E-state index contributed by atoms with van der Waals surface area (Å²) in [7, 11) is 0. The number of anilines is 1. The number of hydrogen-bond acceptors (Lipinski definition) is 3. The number of imidazole rings is 1. The first-order valence-electron chi connectivity index (χ1n) is 13.5. The Morgan fingerprint density at radius 1 is 0.951 bits per heavy atom. The zero-order valence-electron chi connectivity index (χ0n) is 23.1. The van der Waals surface area contributed by atoms with Crippen LogP contribution in [0.3, 0.4) is 0 Å². The summed E-state index contributed by atoms with van der Waals surface area (Å²) in [6.07, 6.45) is 6.32. The van der Waals surface area contributed by atoms with Crippen molar-refractivity contribution in [3.05, 3.63) is 115 Å². The van der Waals surface area contributed by atoms with Crippen LogP contribution in [-0.2, 0) is 13.1 Å². The van der Waals surface area contributed by atoms with E-state index in [0.717, 1.165) is 39.8 Å². The van der Waals surface area contributed by atoms with Gasteiger partial charge in [0.1, 0.15) is 0 Å². The van der Waals surface area contributed by atoms with Crippen LogP contribution >= 0.6 is 22.9 Å². The van der Waals surface area contributed by atoms with Gasteiger partial charge in [-0.2, -0.15) is 0 Å². The molecule has 5 aromatic rings. The molecule has 0 N–H and O–H groups in total. The molecule has 0 saturated heterocycles. The zero-order chi connectivity index (χ0) is 27.8. The van der Waals surface area contributed by atoms with Crippen LogP contribution in [0.4, 0.5) is 5.69 Å². The topological polar surface area (TPSA) is 34.0 Å². The van der Waals surface area contributed by atoms with Crippen LogP contribution in [0.25, 0.3) is 28.1 Å². The van der Waals surface area contributed by atoms with E-state index in [1.165, 1.54) is 19.4 Å². The molecule has 5 nitrogen and oxygen atoms in total. The molecule has 1 aliphatic rings. The van der Waals surface area contributed by atoms with Crippen molar-refractivity contribution >= 4 is 70.4 Å². The first kappa shape index (κ1) is 29.9. The molecule has 0 spiro atoms. The Bertz CT molecular complexity index is 1940. The monoisotopic (exact) mass is 760 g/mol. The maximum absolute atomic E-state index is 14.0. The largest absolute Gasteiger partial charge is 1.00 e. The Balaban J connectivity index is 0.00000337. The first-order chi connectivity index (χ1) is 19.5. The van der Waals surface area contributed by atoms with Gasteiger partial charge in [0, 0.05) is 0 Å². The smallest absolute Gasteiger partial charge is 1.00 e. The van der Waals surface area contributed by atoms with Crippen molar-refractivity contribution in [1.82, 2.24) is 9.13 Å². The number of aryl methyl sites for hydroxylation is 1. The van der Waals surface area contributed by atoms with Crippen LogP contribution in [0.15, 0.2) is 88.3 Å². The molecule has 0 amide bonds. The molecule has 0 atom stereocenters. The van der Waals surface area contributed by atoms with Crippen molar-refractivity contribution in [3.8, 4) is 5.69 Å². The van der Waals surface area contributed by atoms with Gasteiger partial charge in [-0.3, -0.25) is 0 Å². The van der Waals surface area contributed by atoms with Crippen molar-refractivity contribution in [2.45, 2.75) is 33.9 Å². The SMILES string of the molecule is CCN1C(=CC=c2c(=O)n(CC)c(=Cc3sc4ccc(Cl)cc4[n+]3CC)n2-c2ccccc2)[Se]c2ccccc21.[I-]. The second-order valence-electron chi connectivity index (χ2n) is 9.39. The Kier molecular flexibility index (Phi) is 9.26. The van der Waals surface area contributed by atoms with E-state index in [1.807, 2.05) is 47.9 Å². The van der Waals surface area contributed by atoms with E-state index in [1.54, 1.807) is 11.3 Å². The van der Waals surface area contributed by atoms with Gasteiger partial charge in [0.05, 0.1) is 0 Å². The second kappa shape index (κ2) is 12.7. The van der Waals surface area contributed by atoms with E-state index < -0.39 is 0 Å². The van der Waals surface area contributed by atoms with E-state index in [9.17, 15) is 4.79 Å². The number of allylic oxidation sites excluding steroid dienone is 1. The number of halogens is 2. The minimum Gasteiger partial charge on any atom is -1.00 e. The fraction of sp³-hybridized carbons (Fsp3) is 0.188. The predicted octanol–water partition coefficient (Wildman–Crippen LogP) is 1.16. The van der Waals surface area contributed by atoms with Gasteiger partial charge in [0.2, 0.25) is 0 Å². The molecule has 2 aromatic heterocycles. The molecule has 0 fully saturated rings. The molecule has 3 heterocycles.